The largest absolute Gasteiger partial charge is 0.264 e. The van der Waals surface area contributed by atoms with Crippen LogP contribution in [-0.4, -0.2) is 29.7 Å². The predicted octanol–water partition coefficient (Wildman–Crippen LogP) is 2.08. The minimum absolute atomic E-state index is 0.124. The van der Waals surface area contributed by atoms with Gasteiger partial charge in [0.1, 0.15) is 0 Å². The van der Waals surface area contributed by atoms with Crippen molar-refractivity contribution in [2.45, 2.75) is 6.92 Å². The highest BCUT2D eigenvalue weighted by molar-refractivity contribution is 6.28. The molecule has 0 fully saturated rings. The van der Waals surface area contributed by atoms with E-state index in [1.807, 2.05) is 13.0 Å². The average molecular weight is 273 g/mol. The molecule has 0 bridgehead atoms. The van der Waals surface area contributed by atoms with E-state index in [1.54, 1.807) is 30.9 Å². The van der Waals surface area contributed by atoms with E-state index in [9.17, 15) is 0 Å². The minimum Gasteiger partial charge on any atom is -0.264 e. The van der Waals surface area contributed by atoms with Gasteiger partial charge >= 0.3 is 0 Å². The first kappa shape index (κ1) is 11.7. The third-order valence-corrected chi connectivity index (χ3v) is 2.75. The summed E-state index contributed by atoms with van der Waals surface area (Å²) in [7, 11) is 0. The van der Waals surface area contributed by atoms with Crippen LogP contribution in [0, 0.1) is 6.92 Å². The summed E-state index contributed by atoms with van der Waals surface area (Å²) in [5.41, 5.74) is 1.84. The van der Waals surface area contributed by atoms with Gasteiger partial charge in [0.05, 0.1) is 0 Å². The number of rotatable bonds is 2. The van der Waals surface area contributed by atoms with Crippen LogP contribution in [0.15, 0.2) is 36.9 Å². The van der Waals surface area contributed by atoms with Gasteiger partial charge in [0, 0.05) is 30.4 Å². The van der Waals surface area contributed by atoms with Gasteiger partial charge in [-0.2, -0.15) is 20.1 Å². The van der Waals surface area contributed by atoms with Crippen LogP contribution in [0.25, 0.3) is 17.3 Å². The van der Waals surface area contributed by atoms with E-state index in [0.29, 0.717) is 11.8 Å². The van der Waals surface area contributed by atoms with E-state index in [1.165, 1.54) is 4.68 Å². The van der Waals surface area contributed by atoms with Gasteiger partial charge in [-0.15, -0.1) is 0 Å². The van der Waals surface area contributed by atoms with Crippen molar-refractivity contribution in [1.29, 1.82) is 0 Å². The lowest BCUT2D eigenvalue weighted by atomic mass is 10.1. The maximum Gasteiger partial charge on any atom is 0.255 e. The zero-order valence-corrected chi connectivity index (χ0v) is 10.8. The number of halogens is 1. The second-order valence-electron chi connectivity index (χ2n) is 3.87. The molecule has 0 aliphatic rings. The molecule has 3 heterocycles. The van der Waals surface area contributed by atoms with E-state index in [2.05, 4.69) is 25.0 Å². The fourth-order valence-corrected chi connectivity index (χ4v) is 1.80. The maximum atomic E-state index is 5.95. The molecule has 0 N–H and O–H groups in total. The van der Waals surface area contributed by atoms with E-state index < -0.39 is 0 Å². The lowest BCUT2D eigenvalue weighted by molar-refractivity contribution is 0.797. The number of hydrogen-bond acceptors (Lipinski definition) is 5. The van der Waals surface area contributed by atoms with Gasteiger partial charge in [-0.3, -0.25) is 4.98 Å². The summed E-state index contributed by atoms with van der Waals surface area (Å²) in [5.74, 6) is 0.861. The SMILES string of the molecule is Cc1ccncc1-c1nc(Cl)nc(-n2cccn2)n1. The Morgan fingerprint density at radius 2 is 2.05 bits per heavy atom. The molecule has 0 atom stereocenters. The van der Waals surface area contributed by atoms with Crippen LogP contribution in [0.3, 0.4) is 0 Å². The minimum atomic E-state index is 0.124. The van der Waals surface area contributed by atoms with Crippen molar-refractivity contribution in [3.63, 3.8) is 0 Å². The molecule has 94 valence electrons. The Morgan fingerprint density at radius 1 is 1.16 bits per heavy atom. The molecule has 0 saturated heterocycles. The molecule has 0 aliphatic carbocycles. The summed E-state index contributed by atoms with van der Waals surface area (Å²) in [5, 5.41) is 4.20. The molecule has 0 spiro atoms. The van der Waals surface area contributed by atoms with E-state index in [4.69, 9.17) is 11.6 Å². The Morgan fingerprint density at radius 3 is 2.79 bits per heavy atom. The second-order valence-corrected chi connectivity index (χ2v) is 4.21. The molecular formula is C12H9ClN6. The number of nitrogens with zero attached hydrogens (tertiary/aromatic N) is 6. The zero-order chi connectivity index (χ0) is 13.2. The normalized spacial score (nSPS) is 10.6. The van der Waals surface area contributed by atoms with E-state index >= 15 is 0 Å². The third-order valence-electron chi connectivity index (χ3n) is 2.59. The van der Waals surface area contributed by atoms with Crippen LogP contribution < -0.4 is 0 Å². The number of aryl methyl sites for hydroxylation is 1. The number of hydrogen-bond donors (Lipinski definition) is 0. The lowest BCUT2D eigenvalue weighted by Gasteiger charge is -2.05. The molecule has 0 unspecified atom stereocenters. The summed E-state index contributed by atoms with van der Waals surface area (Å²) < 4.78 is 1.53. The number of aromatic nitrogens is 6. The van der Waals surface area contributed by atoms with Gasteiger partial charge in [0.2, 0.25) is 5.28 Å². The van der Waals surface area contributed by atoms with Crippen molar-refractivity contribution in [2.75, 3.05) is 0 Å². The third kappa shape index (κ3) is 2.30. The topological polar surface area (TPSA) is 69.4 Å². The molecule has 0 aromatic carbocycles. The molecule has 0 amide bonds. The molecule has 0 radical (unpaired) electrons. The molecule has 0 saturated carbocycles. The highest BCUT2D eigenvalue weighted by Crippen LogP contribution is 2.19. The molecule has 7 heteroatoms. The summed E-state index contributed by atoms with van der Waals surface area (Å²) in [6, 6.07) is 3.67. The fourth-order valence-electron chi connectivity index (χ4n) is 1.65. The van der Waals surface area contributed by atoms with Gasteiger partial charge in [0.25, 0.3) is 5.95 Å². The molecule has 3 aromatic rings. The van der Waals surface area contributed by atoms with Crippen molar-refractivity contribution in [2.24, 2.45) is 0 Å². The monoisotopic (exact) mass is 272 g/mol. The van der Waals surface area contributed by atoms with Gasteiger partial charge in [-0.25, -0.2) is 4.68 Å². The molecule has 19 heavy (non-hydrogen) atoms. The van der Waals surface area contributed by atoms with E-state index in [0.717, 1.165) is 11.1 Å². The standard InChI is InChI=1S/C12H9ClN6/c1-8-3-5-14-7-9(8)10-16-11(13)18-12(17-10)19-6-2-4-15-19/h2-7H,1H3. The highest BCUT2D eigenvalue weighted by Gasteiger charge is 2.10. The Hall–Kier alpha value is -2.34. The quantitative estimate of drug-likeness (QED) is 0.714. The summed E-state index contributed by atoms with van der Waals surface area (Å²) in [6.07, 6.45) is 6.81. The first-order valence-electron chi connectivity index (χ1n) is 5.56. The van der Waals surface area contributed by atoms with Crippen LogP contribution in [0.4, 0.5) is 0 Å². The first-order valence-corrected chi connectivity index (χ1v) is 5.94. The van der Waals surface area contributed by atoms with Crippen molar-refractivity contribution < 1.29 is 0 Å². The van der Waals surface area contributed by atoms with Crippen LogP contribution in [0.1, 0.15) is 5.56 Å². The highest BCUT2D eigenvalue weighted by atomic mass is 35.5. The van der Waals surface area contributed by atoms with E-state index in [-0.39, 0.29) is 5.28 Å². The second kappa shape index (κ2) is 4.74. The average Bonchev–Trinajstić information content (AvgIpc) is 2.92. The summed E-state index contributed by atoms with van der Waals surface area (Å²) >= 11 is 5.95. The Kier molecular flexibility index (Phi) is 2.92. The first-order chi connectivity index (χ1) is 9.24. The van der Waals surface area contributed by atoms with Crippen LogP contribution in [0.5, 0.6) is 0 Å². The van der Waals surface area contributed by atoms with Crippen LogP contribution in [0.2, 0.25) is 5.28 Å². The summed E-state index contributed by atoms with van der Waals surface area (Å²) in [6.45, 7) is 1.96. The fraction of sp³-hybridized carbons (Fsp3) is 0.0833. The van der Waals surface area contributed by atoms with Crippen molar-refractivity contribution in [1.82, 2.24) is 29.7 Å². The summed E-state index contributed by atoms with van der Waals surface area (Å²) in [4.78, 5) is 16.6. The molecule has 6 nitrogen and oxygen atoms in total. The molecular weight excluding hydrogens is 264 g/mol. The molecule has 3 rings (SSSR count). The molecule has 3 aromatic heterocycles. The van der Waals surface area contributed by atoms with Gasteiger partial charge in [0.15, 0.2) is 5.82 Å². The molecule has 0 aliphatic heterocycles. The van der Waals surface area contributed by atoms with Crippen LogP contribution in [-0.2, 0) is 0 Å². The zero-order valence-electron chi connectivity index (χ0n) is 10.0. The number of pyridine rings is 1. The predicted molar refractivity (Wildman–Crippen MR) is 69.9 cm³/mol. The van der Waals surface area contributed by atoms with Crippen molar-refractivity contribution >= 4 is 11.6 Å². The van der Waals surface area contributed by atoms with Crippen molar-refractivity contribution in [3.05, 3.63) is 47.8 Å². The smallest absolute Gasteiger partial charge is 0.255 e. The van der Waals surface area contributed by atoms with Crippen molar-refractivity contribution in [3.8, 4) is 17.3 Å². The van der Waals surface area contributed by atoms with Gasteiger partial charge in [-0.05, 0) is 36.2 Å². The Bertz CT molecular complexity index is 710. The van der Waals surface area contributed by atoms with Crippen LogP contribution >= 0.6 is 11.6 Å². The Labute approximate surface area is 114 Å². The lowest BCUT2D eigenvalue weighted by Crippen LogP contribution is -2.05. The Balaban J connectivity index is 2.16. The van der Waals surface area contributed by atoms with Gasteiger partial charge in [-0.1, -0.05) is 0 Å². The maximum absolute atomic E-state index is 5.95. The van der Waals surface area contributed by atoms with Gasteiger partial charge < -0.3 is 0 Å².